The molecule has 2 unspecified atom stereocenters. The summed E-state index contributed by atoms with van der Waals surface area (Å²) in [7, 11) is 0. The molecular weight excluding hydrogens is 719 g/mol. The van der Waals surface area contributed by atoms with Gasteiger partial charge in [0.1, 0.15) is 34.2 Å². The molecule has 56 heavy (non-hydrogen) atoms. The Hall–Kier alpha value is -4.80. The lowest BCUT2D eigenvalue weighted by molar-refractivity contribution is -0.0171. The summed E-state index contributed by atoms with van der Waals surface area (Å²) in [6, 6.07) is 6.09. The first-order chi connectivity index (χ1) is 26.9. The number of aromatic nitrogens is 3. The van der Waals surface area contributed by atoms with Crippen molar-refractivity contribution in [1.82, 2.24) is 25.2 Å². The van der Waals surface area contributed by atoms with Gasteiger partial charge in [-0.3, -0.25) is 9.88 Å². The summed E-state index contributed by atoms with van der Waals surface area (Å²) >= 11 is 0. The van der Waals surface area contributed by atoms with Gasteiger partial charge in [-0.15, -0.1) is 6.42 Å². The molecule has 0 bridgehead atoms. The van der Waals surface area contributed by atoms with Crippen LogP contribution in [-0.2, 0) is 9.47 Å². The van der Waals surface area contributed by atoms with Gasteiger partial charge in [-0.05, 0) is 102 Å². The molecule has 2 aliphatic heterocycles. The first-order valence-electron chi connectivity index (χ1n) is 19.9. The number of carbonyl (C=O) groups is 1. The zero-order chi connectivity index (χ0) is 39.2. The number of phenols is 1. The van der Waals surface area contributed by atoms with E-state index >= 15 is 4.39 Å². The number of nitrogens with one attached hydrogen (secondary N) is 1. The number of ether oxygens (including phenoxy) is 3. The normalized spacial score (nSPS) is 24.3. The number of piperidine rings is 1. The zero-order valence-electron chi connectivity index (χ0n) is 32.4. The molecule has 2 saturated heterocycles. The van der Waals surface area contributed by atoms with Crippen LogP contribution < -0.4 is 15.0 Å². The first-order valence-corrected chi connectivity index (χ1v) is 19.9. The summed E-state index contributed by atoms with van der Waals surface area (Å²) in [5.74, 6) is 1.89. The minimum atomic E-state index is -0.748. The number of terminal acetylenes is 1. The fourth-order valence-electron chi connectivity index (χ4n) is 9.47. The molecule has 8 rings (SSSR count). The number of alkyl carbamates (subject to hydrolysis) is 1. The molecule has 4 aliphatic rings. The lowest BCUT2D eigenvalue weighted by atomic mass is 9.74. The van der Waals surface area contributed by atoms with Crippen molar-refractivity contribution in [2.24, 2.45) is 11.3 Å². The van der Waals surface area contributed by atoms with Crippen LogP contribution in [0.4, 0.5) is 19.4 Å². The Kier molecular flexibility index (Phi) is 10.4. The van der Waals surface area contributed by atoms with Crippen molar-refractivity contribution in [3.63, 3.8) is 0 Å². The van der Waals surface area contributed by atoms with Crippen molar-refractivity contribution >= 4 is 33.6 Å². The Labute approximate surface area is 326 Å². The number of anilines is 1. The van der Waals surface area contributed by atoms with Crippen LogP contribution >= 0.6 is 0 Å². The molecule has 296 valence electrons. The second-order valence-corrected chi connectivity index (χ2v) is 17.0. The van der Waals surface area contributed by atoms with Gasteiger partial charge in [0.05, 0.1) is 24.2 Å². The summed E-state index contributed by atoms with van der Waals surface area (Å²) in [5, 5.41) is 14.8. The Balaban J connectivity index is 1.08. The van der Waals surface area contributed by atoms with Gasteiger partial charge in [0.15, 0.2) is 5.82 Å². The molecule has 0 radical (unpaired) electrons. The van der Waals surface area contributed by atoms with Crippen LogP contribution in [0.15, 0.2) is 30.5 Å². The third-order valence-corrected chi connectivity index (χ3v) is 12.0. The Morgan fingerprint density at radius 3 is 2.73 bits per heavy atom. The number of hydrogen-bond donors (Lipinski definition) is 2. The van der Waals surface area contributed by atoms with Gasteiger partial charge in [0, 0.05) is 60.9 Å². The van der Waals surface area contributed by atoms with E-state index in [9.17, 15) is 14.3 Å². The number of phenolic OH excluding ortho intramolecular Hbond substituents is 1. The standard InChI is InChI=1S/C43H50F2N6O5/c1-5-30-33(44)11-10-27-21-29(52)22-31(35(27)30)37-36(45)38-32(23-46-37)39(50-15-8-17-54-18-16-50)49-40(48-38)55-25-43-12-6-9-34(43)51(14-7-13-43)24-26-19-28(20-26)47-41(53)56-42(2,3)4/h1,10-11,21-23,26,28,34,52H,6-9,12-20,24-25H2,2-4H3,(H,47,53). The van der Waals surface area contributed by atoms with Crippen molar-refractivity contribution in [2.45, 2.75) is 89.8 Å². The summed E-state index contributed by atoms with van der Waals surface area (Å²) < 4.78 is 49.8. The largest absolute Gasteiger partial charge is 0.508 e. The predicted molar refractivity (Wildman–Crippen MR) is 210 cm³/mol. The summed E-state index contributed by atoms with van der Waals surface area (Å²) in [4.78, 5) is 31.1. The zero-order valence-corrected chi connectivity index (χ0v) is 32.4. The molecule has 2 aliphatic carbocycles. The Bertz CT molecular complexity index is 2170. The molecule has 2 aromatic heterocycles. The van der Waals surface area contributed by atoms with Crippen LogP contribution in [0.25, 0.3) is 32.9 Å². The lowest BCUT2D eigenvalue weighted by Gasteiger charge is -2.49. The minimum Gasteiger partial charge on any atom is -0.508 e. The summed E-state index contributed by atoms with van der Waals surface area (Å²) in [6.45, 7) is 10.3. The van der Waals surface area contributed by atoms with Crippen LogP contribution in [0.3, 0.4) is 0 Å². The van der Waals surface area contributed by atoms with Gasteiger partial charge in [0.2, 0.25) is 0 Å². The number of rotatable bonds is 8. The second-order valence-electron chi connectivity index (χ2n) is 17.0. The third kappa shape index (κ3) is 7.53. The number of benzene rings is 2. The topological polar surface area (TPSA) is 122 Å². The number of fused-ring (bicyclic) bond motifs is 3. The van der Waals surface area contributed by atoms with Gasteiger partial charge in [-0.25, -0.2) is 13.6 Å². The number of aromatic hydroxyl groups is 1. The van der Waals surface area contributed by atoms with Crippen LogP contribution in [0, 0.1) is 35.3 Å². The second kappa shape index (κ2) is 15.3. The molecule has 2 saturated carbocycles. The number of pyridine rings is 1. The SMILES string of the molecule is C#Cc1c(F)ccc2cc(O)cc(-c3ncc4c(N5CCCOCC5)nc(OCC56CCCC5N(CC5CC(NC(=O)OC(C)(C)C)C5)CCC6)nc4c3F)c12. The van der Waals surface area contributed by atoms with Crippen molar-refractivity contribution in [3.05, 3.63) is 47.7 Å². The van der Waals surface area contributed by atoms with E-state index in [0.29, 0.717) is 61.5 Å². The number of likely N-dealkylation sites (tertiary alicyclic amines) is 1. The molecule has 2 atom stereocenters. The van der Waals surface area contributed by atoms with Gasteiger partial charge in [0.25, 0.3) is 0 Å². The lowest BCUT2D eigenvalue weighted by Crippen LogP contribution is -2.55. The summed E-state index contributed by atoms with van der Waals surface area (Å²) in [5.41, 5.74) is -0.610. The fraction of sp³-hybridized carbons (Fsp3) is 0.535. The highest BCUT2D eigenvalue weighted by molar-refractivity contribution is 6.03. The molecular formula is C43H50F2N6O5. The number of amides is 1. The maximum absolute atomic E-state index is 17.0. The van der Waals surface area contributed by atoms with Crippen molar-refractivity contribution in [2.75, 3.05) is 50.9 Å². The van der Waals surface area contributed by atoms with Crippen molar-refractivity contribution in [3.8, 4) is 35.4 Å². The predicted octanol–water partition coefficient (Wildman–Crippen LogP) is 7.35. The number of halogens is 2. The highest BCUT2D eigenvalue weighted by Crippen LogP contribution is 2.49. The van der Waals surface area contributed by atoms with E-state index in [2.05, 4.69) is 26.0 Å². The van der Waals surface area contributed by atoms with Crippen LogP contribution in [0.1, 0.15) is 77.7 Å². The van der Waals surface area contributed by atoms with E-state index in [1.807, 2.05) is 20.8 Å². The van der Waals surface area contributed by atoms with Gasteiger partial charge >= 0.3 is 12.1 Å². The molecule has 0 spiro atoms. The monoisotopic (exact) mass is 768 g/mol. The molecule has 4 fully saturated rings. The molecule has 2 N–H and O–H groups in total. The van der Waals surface area contributed by atoms with E-state index in [1.165, 1.54) is 30.5 Å². The van der Waals surface area contributed by atoms with Crippen LogP contribution in [0.5, 0.6) is 11.8 Å². The van der Waals surface area contributed by atoms with E-state index in [-0.39, 0.29) is 57.0 Å². The van der Waals surface area contributed by atoms with Crippen molar-refractivity contribution < 1.29 is 32.9 Å². The van der Waals surface area contributed by atoms with Crippen molar-refractivity contribution in [1.29, 1.82) is 0 Å². The third-order valence-electron chi connectivity index (χ3n) is 12.0. The van der Waals surface area contributed by atoms with E-state index in [0.717, 1.165) is 64.5 Å². The number of nitrogens with zero attached hydrogens (tertiary/aromatic N) is 5. The van der Waals surface area contributed by atoms with E-state index < -0.39 is 17.2 Å². The smallest absolute Gasteiger partial charge is 0.407 e. The molecule has 4 heterocycles. The van der Waals surface area contributed by atoms with Gasteiger partial charge in [-0.2, -0.15) is 9.97 Å². The Morgan fingerprint density at radius 1 is 1.11 bits per heavy atom. The van der Waals surface area contributed by atoms with Gasteiger partial charge in [-0.1, -0.05) is 18.4 Å². The average molecular weight is 769 g/mol. The highest BCUT2D eigenvalue weighted by Gasteiger charge is 2.49. The quantitative estimate of drug-likeness (QED) is 0.176. The molecule has 1 amide bonds. The maximum Gasteiger partial charge on any atom is 0.407 e. The van der Waals surface area contributed by atoms with Crippen LogP contribution in [0.2, 0.25) is 0 Å². The fourth-order valence-corrected chi connectivity index (χ4v) is 9.47. The molecule has 11 nitrogen and oxygen atoms in total. The highest BCUT2D eigenvalue weighted by atomic mass is 19.1. The van der Waals surface area contributed by atoms with E-state index in [4.69, 9.17) is 30.6 Å². The summed E-state index contributed by atoms with van der Waals surface area (Å²) in [6.07, 6.45) is 14.8. The first kappa shape index (κ1) is 38.1. The van der Waals surface area contributed by atoms with E-state index in [1.54, 1.807) is 0 Å². The number of hydrogen-bond acceptors (Lipinski definition) is 10. The number of carbonyl (C=O) groups excluding carboxylic acids is 1. The molecule has 13 heteroatoms. The average Bonchev–Trinajstić information content (AvgIpc) is 3.39. The maximum atomic E-state index is 17.0. The molecule has 2 aromatic carbocycles. The Morgan fingerprint density at radius 2 is 1.93 bits per heavy atom. The van der Waals surface area contributed by atoms with Crippen LogP contribution in [-0.4, -0.2) is 94.7 Å². The molecule has 4 aromatic rings. The van der Waals surface area contributed by atoms with Gasteiger partial charge < -0.3 is 29.5 Å². The minimum absolute atomic E-state index is 0.0144.